The summed E-state index contributed by atoms with van der Waals surface area (Å²) >= 11 is 0. The fraction of sp³-hybridized carbons (Fsp3) is 0.529. The topological polar surface area (TPSA) is 39.9 Å². The van der Waals surface area contributed by atoms with Crippen LogP contribution in [0.5, 0.6) is 0 Å². The third-order valence-corrected chi connectivity index (χ3v) is 4.37. The minimum absolute atomic E-state index is 0.0220. The van der Waals surface area contributed by atoms with Crippen LogP contribution in [0.1, 0.15) is 49.4 Å². The number of rotatable bonds is 3. The molecule has 1 unspecified atom stereocenters. The Labute approximate surface area is 134 Å². The number of aromatic nitrogens is 3. The number of halogens is 2. The second kappa shape index (κ2) is 6.00. The first kappa shape index (κ1) is 16.1. The molecule has 1 aromatic heterocycles. The van der Waals surface area contributed by atoms with Crippen molar-refractivity contribution in [1.82, 2.24) is 15.0 Å². The number of aryl methyl sites for hydroxylation is 1. The van der Waals surface area contributed by atoms with Gasteiger partial charge in [-0.3, -0.25) is 0 Å². The van der Waals surface area contributed by atoms with Gasteiger partial charge in [-0.25, -0.2) is 13.5 Å². The Morgan fingerprint density at radius 3 is 2.87 bits per heavy atom. The van der Waals surface area contributed by atoms with Crippen LogP contribution in [0.3, 0.4) is 0 Å². The molecule has 0 N–H and O–H groups in total. The van der Waals surface area contributed by atoms with E-state index in [1.54, 1.807) is 13.1 Å². The molecule has 1 aliphatic rings. The number of hydrogen-bond acceptors (Lipinski definition) is 3. The fourth-order valence-electron chi connectivity index (χ4n) is 3.08. The summed E-state index contributed by atoms with van der Waals surface area (Å²) in [6.45, 7) is 6.46. The summed E-state index contributed by atoms with van der Waals surface area (Å²) in [6, 6.07) is 2.72. The van der Waals surface area contributed by atoms with Crippen LogP contribution in [0.15, 0.2) is 18.3 Å². The highest BCUT2D eigenvalue weighted by atomic mass is 19.1. The van der Waals surface area contributed by atoms with E-state index in [0.717, 1.165) is 18.5 Å². The maximum atomic E-state index is 14.1. The molecular weight excluding hydrogens is 300 g/mol. The van der Waals surface area contributed by atoms with Crippen molar-refractivity contribution in [3.63, 3.8) is 0 Å². The Kier molecular flexibility index (Phi) is 4.19. The van der Waals surface area contributed by atoms with E-state index in [1.165, 1.54) is 16.8 Å². The van der Waals surface area contributed by atoms with E-state index in [9.17, 15) is 8.78 Å². The number of hydrogen-bond donors (Lipinski definition) is 0. The van der Waals surface area contributed by atoms with Gasteiger partial charge in [0, 0.05) is 24.3 Å². The van der Waals surface area contributed by atoms with E-state index in [2.05, 4.69) is 24.2 Å². The maximum absolute atomic E-state index is 14.1. The molecule has 1 aromatic carbocycles. The first-order valence-corrected chi connectivity index (χ1v) is 7.83. The van der Waals surface area contributed by atoms with E-state index in [0.29, 0.717) is 12.2 Å². The van der Waals surface area contributed by atoms with Crippen LogP contribution >= 0.6 is 0 Å². The zero-order valence-electron chi connectivity index (χ0n) is 13.6. The van der Waals surface area contributed by atoms with Crippen molar-refractivity contribution in [3.05, 3.63) is 46.8 Å². The van der Waals surface area contributed by atoms with Crippen molar-refractivity contribution in [2.24, 2.45) is 0 Å². The standard InChI is InChI=1S/C17H21F2N3O/c1-11-4-5-14(18)13(16(11)19)9-22-10-15(20-21-22)12-6-7-23-17(2,3)8-12/h4-5,10,12H,6-9H2,1-3H3. The van der Waals surface area contributed by atoms with Crippen LogP contribution in [0.4, 0.5) is 8.78 Å². The second-order valence-corrected chi connectivity index (χ2v) is 6.80. The van der Waals surface area contributed by atoms with Gasteiger partial charge in [0.25, 0.3) is 0 Å². The monoisotopic (exact) mass is 321 g/mol. The summed E-state index contributed by atoms with van der Waals surface area (Å²) in [5, 5.41) is 8.23. The Hall–Kier alpha value is -1.82. The molecule has 124 valence electrons. The molecule has 1 fully saturated rings. The van der Waals surface area contributed by atoms with Crippen LogP contribution in [-0.4, -0.2) is 27.2 Å². The summed E-state index contributed by atoms with van der Waals surface area (Å²) in [6.07, 6.45) is 3.53. The molecule has 3 rings (SSSR count). The lowest BCUT2D eigenvalue weighted by Gasteiger charge is -2.34. The number of benzene rings is 1. The lowest BCUT2D eigenvalue weighted by atomic mass is 9.86. The van der Waals surface area contributed by atoms with Crippen molar-refractivity contribution >= 4 is 0 Å². The van der Waals surface area contributed by atoms with Crippen molar-refractivity contribution in [2.75, 3.05) is 6.61 Å². The van der Waals surface area contributed by atoms with Gasteiger partial charge >= 0.3 is 0 Å². The summed E-state index contributed by atoms with van der Waals surface area (Å²) in [5.74, 6) is -0.814. The van der Waals surface area contributed by atoms with Gasteiger partial charge in [-0.15, -0.1) is 5.10 Å². The largest absolute Gasteiger partial charge is 0.376 e. The highest BCUT2D eigenvalue weighted by molar-refractivity contribution is 5.26. The van der Waals surface area contributed by atoms with Gasteiger partial charge in [-0.05, 0) is 45.2 Å². The smallest absolute Gasteiger partial charge is 0.134 e. The van der Waals surface area contributed by atoms with E-state index >= 15 is 0 Å². The van der Waals surface area contributed by atoms with Gasteiger partial charge in [0.2, 0.25) is 0 Å². The molecule has 0 aliphatic carbocycles. The van der Waals surface area contributed by atoms with Crippen molar-refractivity contribution in [1.29, 1.82) is 0 Å². The highest BCUT2D eigenvalue weighted by Crippen LogP contribution is 2.34. The van der Waals surface area contributed by atoms with E-state index in [-0.39, 0.29) is 23.6 Å². The molecule has 4 nitrogen and oxygen atoms in total. The molecule has 0 radical (unpaired) electrons. The highest BCUT2D eigenvalue weighted by Gasteiger charge is 2.31. The average Bonchev–Trinajstić information content (AvgIpc) is 2.95. The molecule has 1 saturated heterocycles. The summed E-state index contributed by atoms with van der Waals surface area (Å²) in [4.78, 5) is 0. The molecule has 2 aromatic rings. The Morgan fingerprint density at radius 1 is 1.35 bits per heavy atom. The first-order chi connectivity index (χ1) is 10.9. The fourth-order valence-corrected chi connectivity index (χ4v) is 3.08. The molecule has 0 saturated carbocycles. The maximum Gasteiger partial charge on any atom is 0.134 e. The van der Waals surface area contributed by atoms with Gasteiger partial charge in [0.15, 0.2) is 0 Å². The van der Waals surface area contributed by atoms with E-state index < -0.39 is 11.6 Å². The van der Waals surface area contributed by atoms with E-state index in [4.69, 9.17) is 4.74 Å². The first-order valence-electron chi connectivity index (χ1n) is 7.83. The van der Waals surface area contributed by atoms with Gasteiger partial charge in [-0.1, -0.05) is 11.3 Å². The Morgan fingerprint density at radius 2 is 2.13 bits per heavy atom. The van der Waals surface area contributed by atoms with Crippen molar-refractivity contribution in [2.45, 2.75) is 51.7 Å². The van der Waals surface area contributed by atoms with Gasteiger partial charge < -0.3 is 4.74 Å². The number of nitrogens with zero attached hydrogens (tertiary/aromatic N) is 3. The minimum atomic E-state index is -0.558. The summed E-state index contributed by atoms with van der Waals surface area (Å²) < 4.78 is 35.2. The third kappa shape index (κ3) is 3.42. The van der Waals surface area contributed by atoms with Crippen molar-refractivity contribution in [3.8, 4) is 0 Å². The zero-order valence-corrected chi connectivity index (χ0v) is 13.6. The molecule has 1 aliphatic heterocycles. The third-order valence-electron chi connectivity index (χ3n) is 4.37. The molecule has 0 amide bonds. The van der Waals surface area contributed by atoms with Crippen LogP contribution in [0, 0.1) is 18.6 Å². The zero-order chi connectivity index (χ0) is 16.6. The molecule has 6 heteroatoms. The predicted molar refractivity (Wildman–Crippen MR) is 82.2 cm³/mol. The average molecular weight is 321 g/mol. The lowest BCUT2D eigenvalue weighted by molar-refractivity contribution is -0.0597. The predicted octanol–water partition coefficient (Wildman–Crippen LogP) is 3.59. The van der Waals surface area contributed by atoms with Crippen molar-refractivity contribution < 1.29 is 13.5 Å². The van der Waals surface area contributed by atoms with Crippen LogP contribution in [0.25, 0.3) is 0 Å². The second-order valence-electron chi connectivity index (χ2n) is 6.80. The lowest BCUT2D eigenvalue weighted by Crippen LogP contribution is -2.33. The minimum Gasteiger partial charge on any atom is -0.376 e. The van der Waals surface area contributed by atoms with Crippen LogP contribution in [-0.2, 0) is 11.3 Å². The summed E-state index contributed by atoms with van der Waals surface area (Å²) in [7, 11) is 0. The Bertz CT molecular complexity index is 712. The summed E-state index contributed by atoms with van der Waals surface area (Å²) in [5.41, 5.74) is 1.12. The molecular formula is C17H21F2N3O. The van der Waals surface area contributed by atoms with E-state index in [1.807, 2.05) is 0 Å². The molecule has 0 bridgehead atoms. The van der Waals surface area contributed by atoms with Crippen LogP contribution < -0.4 is 0 Å². The molecule has 23 heavy (non-hydrogen) atoms. The quantitative estimate of drug-likeness (QED) is 0.867. The SMILES string of the molecule is Cc1ccc(F)c(Cn2cc(C3CCOC(C)(C)C3)nn2)c1F. The Balaban J connectivity index is 1.79. The normalized spacial score (nSPS) is 20.7. The molecule has 2 heterocycles. The molecule has 1 atom stereocenters. The number of ether oxygens (including phenoxy) is 1. The van der Waals surface area contributed by atoms with Gasteiger partial charge in [0.05, 0.1) is 17.8 Å². The van der Waals surface area contributed by atoms with Crippen LogP contribution in [0.2, 0.25) is 0 Å². The molecule has 0 spiro atoms. The van der Waals surface area contributed by atoms with Gasteiger partial charge in [0.1, 0.15) is 11.6 Å². The van der Waals surface area contributed by atoms with Gasteiger partial charge in [-0.2, -0.15) is 0 Å².